The average Bonchev–Trinajstić information content (AvgIpc) is 2.79. The molecule has 29 heavy (non-hydrogen) atoms. The van der Waals surface area contributed by atoms with Crippen molar-refractivity contribution in [1.82, 2.24) is 19.8 Å². The molecule has 0 saturated carbocycles. The first-order valence-corrected chi connectivity index (χ1v) is 10.3. The minimum absolute atomic E-state index is 0.0776. The lowest BCUT2D eigenvalue weighted by Gasteiger charge is -2.35. The largest absolute Gasteiger partial charge is 0.353 e. The standard InChI is InChI=1S/C22H27N5O2/c1-17-6-5-11-27(16-17)22(29)19-8-4-7-18(24-19)21(28)26-14-12-25(13-15-26)20-9-2-3-10-23-20/h2-4,7-10,17H,5-6,11-16H2,1H3. The van der Waals surface area contributed by atoms with E-state index in [4.69, 9.17) is 0 Å². The molecule has 4 heterocycles. The Labute approximate surface area is 171 Å². The van der Waals surface area contributed by atoms with E-state index in [1.54, 1.807) is 29.3 Å². The van der Waals surface area contributed by atoms with Crippen LogP contribution < -0.4 is 4.90 Å². The van der Waals surface area contributed by atoms with Gasteiger partial charge in [-0.05, 0) is 43.0 Å². The molecule has 0 aliphatic carbocycles. The summed E-state index contributed by atoms with van der Waals surface area (Å²) in [4.78, 5) is 40.4. The van der Waals surface area contributed by atoms with Crippen LogP contribution in [0.3, 0.4) is 0 Å². The lowest BCUT2D eigenvalue weighted by molar-refractivity contribution is 0.0676. The monoisotopic (exact) mass is 393 g/mol. The van der Waals surface area contributed by atoms with Crippen LogP contribution >= 0.6 is 0 Å². The fraction of sp³-hybridized carbons (Fsp3) is 0.455. The van der Waals surface area contributed by atoms with Crippen molar-refractivity contribution >= 4 is 17.6 Å². The number of carbonyl (C=O) groups is 2. The first kappa shape index (κ1) is 19.4. The summed E-state index contributed by atoms with van der Waals surface area (Å²) in [5.41, 5.74) is 0.698. The zero-order valence-corrected chi connectivity index (χ0v) is 16.8. The molecule has 0 aromatic carbocycles. The molecule has 1 atom stereocenters. The van der Waals surface area contributed by atoms with Crippen LogP contribution in [0.2, 0.25) is 0 Å². The molecule has 4 rings (SSSR count). The molecule has 0 spiro atoms. The number of likely N-dealkylation sites (tertiary alicyclic amines) is 1. The Hall–Kier alpha value is -2.96. The third kappa shape index (κ3) is 4.39. The van der Waals surface area contributed by atoms with Gasteiger partial charge >= 0.3 is 0 Å². The van der Waals surface area contributed by atoms with Gasteiger partial charge in [0, 0.05) is 45.5 Å². The fourth-order valence-corrected chi connectivity index (χ4v) is 4.05. The molecule has 0 bridgehead atoms. The first-order chi connectivity index (χ1) is 14.1. The Kier molecular flexibility index (Phi) is 5.74. The minimum atomic E-state index is -0.118. The number of piperazine rings is 1. The second-order valence-electron chi connectivity index (χ2n) is 7.87. The highest BCUT2D eigenvalue weighted by Crippen LogP contribution is 2.18. The summed E-state index contributed by atoms with van der Waals surface area (Å²) >= 11 is 0. The normalized spacial score (nSPS) is 19.9. The summed E-state index contributed by atoms with van der Waals surface area (Å²) in [6.45, 7) is 6.36. The quantitative estimate of drug-likeness (QED) is 0.800. The van der Waals surface area contributed by atoms with Crippen LogP contribution in [-0.4, -0.2) is 70.9 Å². The molecule has 7 heteroatoms. The van der Waals surface area contributed by atoms with Gasteiger partial charge in [0.2, 0.25) is 0 Å². The van der Waals surface area contributed by atoms with E-state index >= 15 is 0 Å². The van der Waals surface area contributed by atoms with E-state index in [0.29, 0.717) is 30.4 Å². The van der Waals surface area contributed by atoms with E-state index in [0.717, 1.165) is 44.8 Å². The van der Waals surface area contributed by atoms with Gasteiger partial charge in [0.05, 0.1) is 0 Å². The lowest BCUT2D eigenvalue weighted by atomic mass is 10.00. The number of aromatic nitrogens is 2. The predicted molar refractivity (Wildman–Crippen MR) is 111 cm³/mol. The van der Waals surface area contributed by atoms with Crippen LogP contribution in [0.15, 0.2) is 42.6 Å². The van der Waals surface area contributed by atoms with Gasteiger partial charge in [0.15, 0.2) is 0 Å². The minimum Gasteiger partial charge on any atom is -0.353 e. The molecule has 1 unspecified atom stereocenters. The number of piperidine rings is 1. The van der Waals surface area contributed by atoms with Gasteiger partial charge in [0.1, 0.15) is 17.2 Å². The molecular weight excluding hydrogens is 366 g/mol. The second-order valence-corrected chi connectivity index (χ2v) is 7.87. The zero-order chi connectivity index (χ0) is 20.2. The third-order valence-corrected chi connectivity index (χ3v) is 5.67. The third-order valence-electron chi connectivity index (χ3n) is 5.67. The van der Waals surface area contributed by atoms with Gasteiger partial charge < -0.3 is 14.7 Å². The van der Waals surface area contributed by atoms with E-state index in [1.165, 1.54) is 0 Å². The van der Waals surface area contributed by atoms with E-state index < -0.39 is 0 Å². The average molecular weight is 393 g/mol. The van der Waals surface area contributed by atoms with Crippen molar-refractivity contribution in [2.24, 2.45) is 5.92 Å². The number of carbonyl (C=O) groups excluding carboxylic acids is 2. The van der Waals surface area contributed by atoms with Gasteiger partial charge in [-0.3, -0.25) is 9.59 Å². The molecule has 152 valence electrons. The Morgan fingerprint density at radius 2 is 1.62 bits per heavy atom. The van der Waals surface area contributed by atoms with Crippen molar-refractivity contribution in [3.05, 3.63) is 54.0 Å². The van der Waals surface area contributed by atoms with Crippen molar-refractivity contribution in [3.8, 4) is 0 Å². The van der Waals surface area contributed by atoms with E-state index in [2.05, 4.69) is 21.8 Å². The van der Waals surface area contributed by atoms with E-state index in [-0.39, 0.29) is 11.8 Å². The van der Waals surface area contributed by atoms with Crippen molar-refractivity contribution in [2.45, 2.75) is 19.8 Å². The van der Waals surface area contributed by atoms with Crippen LogP contribution in [0.1, 0.15) is 40.7 Å². The number of amides is 2. The first-order valence-electron chi connectivity index (χ1n) is 10.3. The van der Waals surface area contributed by atoms with Crippen LogP contribution in [-0.2, 0) is 0 Å². The van der Waals surface area contributed by atoms with Crippen LogP contribution in [0, 0.1) is 5.92 Å². The molecule has 2 aliphatic heterocycles. The highest BCUT2D eigenvalue weighted by atomic mass is 16.2. The molecule has 0 N–H and O–H groups in total. The van der Waals surface area contributed by atoms with Gasteiger partial charge in [-0.2, -0.15) is 0 Å². The summed E-state index contributed by atoms with van der Waals surface area (Å²) < 4.78 is 0. The van der Waals surface area contributed by atoms with E-state index in [1.807, 2.05) is 23.1 Å². The summed E-state index contributed by atoms with van der Waals surface area (Å²) in [6.07, 6.45) is 3.95. The molecule has 7 nitrogen and oxygen atoms in total. The highest BCUT2D eigenvalue weighted by Gasteiger charge is 2.26. The van der Waals surface area contributed by atoms with Gasteiger partial charge in [-0.1, -0.05) is 19.1 Å². The van der Waals surface area contributed by atoms with Crippen molar-refractivity contribution in [1.29, 1.82) is 0 Å². The Balaban J connectivity index is 1.41. The Morgan fingerprint density at radius 1 is 0.897 bits per heavy atom. The van der Waals surface area contributed by atoms with Crippen LogP contribution in [0.4, 0.5) is 5.82 Å². The summed E-state index contributed by atoms with van der Waals surface area (Å²) in [5.74, 6) is 1.24. The number of pyridine rings is 2. The summed E-state index contributed by atoms with van der Waals surface area (Å²) in [5, 5.41) is 0. The Morgan fingerprint density at radius 3 is 2.28 bits per heavy atom. The van der Waals surface area contributed by atoms with E-state index in [9.17, 15) is 9.59 Å². The second kappa shape index (κ2) is 8.59. The van der Waals surface area contributed by atoms with Gasteiger partial charge in [0.25, 0.3) is 11.8 Å². The highest BCUT2D eigenvalue weighted by molar-refractivity contribution is 5.96. The summed E-state index contributed by atoms with van der Waals surface area (Å²) in [7, 11) is 0. The molecule has 2 aromatic rings. The van der Waals surface area contributed by atoms with Gasteiger partial charge in [-0.15, -0.1) is 0 Å². The predicted octanol–water partition coefficient (Wildman–Crippen LogP) is 2.31. The molecule has 2 aliphatic rings. The SMILES string of the molecule is CC1CCCN(C(=O)c2cccc(C(=O)N3CCN(c4ccccn4)CC3)n2)C1. The topological polar surface area (TPSA) is 69.6 Å². The number of nitrogens with zero attached hydrogens (tertiary/aromatic N) is 5. The molecule has 0 radical (unpaired) electrons. The number of anilines is 1. The molecule has 2 amide bonds. The number of hydrogen-bond acceptors (Lipinski definition) is 5. The maximum absolute atomic E-state index is 13.0. The van der Waals surface area contributed by atoms with Crippen LogP contribution in [0.5, 0.6) is 0 Å². The molecule has 2 saturated heterocycles. The maximum atomic E-state index is 13.0. The zero-order valence-electron chi connectivity index (χ0n) is 16.8. The smallest absolute Gasteiger partial charge is 0.272 e. The number of rotatable bonds is 3. The Bertz CT molecular complexity index is 865. The molecule has 2 aromatic heterocycles. The van der Waals surface area contributed by atoms with Crippen molar-refractivity contribution in [3.63, 3.8) is 0 Å². The summed E-state index contributed by atoms with van der Waals surface area (Å²) in [6, 6.07) is 11.0. The maximum Gasteiger partial charge on any atom is 0.272 e. The fourth-order valence-electron chi connectivity index (χ4n) is 4.05. The molecule has 2 fully saturated rings. The van der Waals surface area contributed by atoms with Gasteiger partial charge in [-0.25, -0.2) is 9.97 Å². The van der Waals surface area contributed by atoms with Crippen molar-refractivity contribution in [2.75, 3.05) is 44.2 Å². The van der Waals surface area contributed by atoms with Crippen LogP contribution in [0.25, 0.3) is 0 Å². The number of hydrogen-bond donors (Lipinski definition) is 0. The van der Waals surface area contributed by atoms with Crippen molar-refractivity contribution < 1.29 is 9.59 Å². The molecular formula is C22H27N5O2. The lowest BCUT2D eigenvalue weighted by Crippen LogP contribution is -2.49.